The standard InChI is InChI=1S/C19H22ClN5O3/c1-5-12-6-8-13(9-7-12)11(2)21-14(26)10-25-15-16(22-18(25)20)23(3)19(28)24(4)17(15)27/h6-9,11H,5,10H2,1-4H3,(H,21,26). The molecule has 0 aliphatic heterocycles. The summed E-state index contributed by atoms with van der Waals surface area (Å²) in [6.07, 6.45) is 0.949. The third-order valence-corrected chi connectivity index (χ3v) is 5.16. The Morgan fingerprint density at radius 3 is 2.43 bits per heavy atom. The normalized spacial score (nSPS) is 12.3. The lowest BCUT2D eigenvalue weighted by atomic mass is 10.1. The molecule has 1 atom stereocenters. The topological polar surface area (TPSA) is 90.9 Å². The molecule has 0 aliphatic carbocycles. The lowest BCUT2D eigenvalue weighted by Gasteiger charge is -2.15. The molecule has 1 aromatic carbocycles. The molecule has 1 N–H and O–H groups in total. The number of amides is 1. The van der Waals surface area contributed by atoms with Gasteiger partial charge in [0.05, 0.1) is 6.04 Å². The minimum atomic E-state index is -0.548. The van der Waals surface area contributed by atoms with Gasteiger partial charge >= 0.3 is 5.69 Å². The van der Waals surface area contributed by atoms with Gasteiger partial charge in [0.25, 0.3) is 5.56 Å². The van der Waals surface area contributed by atoms with E-state index >= 15 is 0 Å². The lowest BCUT2D eigenvalue weighted by molar-refractivity contribution is -0.122. The average Bonchev–Trinajstić information content (AvgIpc) is 3.01. The van der Waals surface area contributed by atoms with E-state index in [0.717, 1.165) is 16.6 Å². The number of halogens is 1. The maximum absolute atomic E-state index is 12.6. The van der Waals surface area contributed by atoms with Gasteiger partial charge in [0.1, 0.15) is 6.54 Å². The van der Waals surface area contributed by atoms with Crippen molar-refractivity contribution in [2.24, 2.45) is 14.1 Å². The highest BCUT2D eigenvalue weighted by Gasteiger charge is 2.20. The molecule has 0 radical (unpaired) electrons. The van der Waals surface area contributed by atoms with Gasteiger partial charge in [-0.05, 0) is 36.1 Å². The summed E-state index contributed by atoms with van der Waals surface area (Å²) < 4.78 is 3.52. The number of aryl methyl sites for hydroxylation is 2. The molecule has 0 bridgehead atoms. The molecule has 0 fully saturated rings. The first kappa shape index (κ1) is 19.9. The number of fused-ring (bicyclic) bond motifs is 1. The predicted molar refractivity (Wildman–Crippen MR) is 108 cm³/mol. The van der Waals surface area contributed by atoms with Crippen LogP contribution in [0.5, 0.6) is 0 Å². The van der Waals surface area contributed by atoms with Crippen molar-refractivity contribution in [3.05, 3.63) is 61.5 Å². The highest BCUT2D eigenvalue weighted by Crippen LogP contribution is 2.17. The van der Waals surface area contributed by atoms with Gasteiger partial charge < -0.3 is 5.32 Å². The highest BCUT2D eigenvalue weighted by atomic mass is 35.5. The molecular formula is C19H22ClN5O3. The number of benzene rings is 1. The van der Waals surface area contributed by atoms with Crippen LogP contribution in [-0.2, 0) is 31.9 Å². The average molecular weight is 404 g/mol. The maximum atomic E-state index is 12.6. The van der Waals surface area contributed by atoms with E-state index in [4.69, 9.17) is 11.6 Å². The van der Waals surface area contributed by atoms with Crippen molar-refractivity contribution in [3.8, 4) is 0 Å². The number of nitrogens with one attached hydrogen (secondary N) is 1. The van der Waals surface area contributed by atoms with Crippen LogP contribution in [0.3, 0.4) is 0 Å². The molecule has 0 saturated carbocycles. The Kier molecular flexibility index (Phi) is 5.42. The third kappa shape index (κ3) is 3.47. The number of aromatic nitrogens is 4. The molecule has 0 spiro atoms. The van der Waals surface area contributed by atoms with Gasteiger partial charge in [0, 0.05) is 14.1 Å². The number of carbonyl (C=O) groups excluding carboxylic acids is 1. The monoisotopic (exact) mass is 403 g/mol. The number of hydrogen-bond acceptors (Lipinski definition) is 4. The van der Waals surface area contributed by atoms with Crippen LogP contribution in [0.2, 0.25) is 5.28 Å². The van der Waals surface area contributed by atoms with E-state index in [-0.39, 0.29) is 34.9 Å². The molecule has 3 aromatic rings. The molecule has 0 saturated heterocycles. The van der Waals surface area contributed by atoms with E-state index in [0.29, 0.717) is 0 Å². The van der Waals surface area contributed by atoms with Crippen LogP contribution < -0.4 is 16.6 Å². The zero-order valence-electron chi connectivity index (χ0n) is 16.2. The summed E-state index contributed by atoms with van der Waals surface area (Å²) in [5.74, 6) is -0.316. The van der Waals surface area contributed by atoms with E-state index in [1.165, 1.54) is 28.8 Å². The van der Waals surface area contributed by atoms with Crippen LogP contribution in [-0.4, -0.2) is 24.6 Å². The second-order valence-electron chi connectivity index (χ2n) is 6.73. The van der Waals surface area contributed by atoms with Gasteiger partial charge in [-0.25, -0.2) is 4.79 Å². The molecule has 3 rings (SSSR count). The van der Waals surface area contributed by atoms with E-state index in [1.54, 1.807) is 0 Å². The Morgan fingerprint density at radius 2 is 1.82 bits per heavy atom. The molecule has 2 aromatic heterocycles. The van der Waals surface area contributed by atoms with E-state index < -0.39 is 11.2 Å². The molecule has 148 valence electrons. The van der Waals surface area contributed by atoms with E-state index in [1.807, 2.05) is 31.2 Å². The summed E-state index contributed by atoms with van der Waals surface area (Å²) in [6.45, 7) is 3.79. The molecular weight excluding hydrogens is 382 g/mol. The van der Waals surface area contributed by atoms with Crippen LogP contribution in [0, 0.1) is 0 Å². The quantitative estimate of drug-likeness (QED) is 0.654. The summed E-state index contributed by atoms with van der Waals surface area (Å²) in [5, 5.41) is 2.88. The van der Waals surface area contributed by atoms with Crippen molar-refractivity contribution in [2.75, 3.05) is 0 Å². The van der Waals surface area contributed by atoms with Gasteiger partial charge in [-0.15, -0.1) is 0 Å². The Morgan fingerprint density at radius 1 is 1.18 bits per heavy atom. The van der Waals surface area contributed by atoms with Crippen molar-refractivity contribution >= 4 is 28.7 Å². The first-order valence-corrected chi connectivity index (χ1v) is 9.32. The largest absolute Gasteiger partial charge is 0.348 e. The minimum absolute atomic E-state index is 0.0246. The van der Waals surface area contributed by atoms with Crippen molar-refractivity contribution < 1.29 is 4.79 Å². The zero-order chi connectivity index (χ0) is 20.6. The van der Waals surface area contributed by atoms with Crippen molar-refractivity contribution in [2.45, 2.75) is 32.9 Å². The predicted octanol–water partition coefficient (Wildman–Crippen LogP) is 1.53. The van der Waals surface area contributed by atoms with Gasteiger partial charge in [-0.1, -0.05) is 31.2 Å². The fraction of sp³-hybridized carbons (Fsp3) is 0.368. The number of imidazole rings is 1. The zero-order valence-corrected chi connectivity index (χ0v) is 16.9. The van der Waals surface area contributed by atoms with Crippen LogP contribution in [0.25, 0.3) is 11.2 Å². The Labute approximate surface area is 166 Å². The minimum Gasteiger partial charge on any atom is -0.348 e. The van der Waals surface area contributed by atoms with Gasteiger partial charge in [0.2, 0.25) is 11.2 Å². The third-order valence-electron chi connectivity index (χ3n) is 4.87. The molecule has 8 nitrogen and oxygen atoms in total. The molecule has 1 amide bonds. The Balaban J connectivity index is 1.88. The number of nitrogens with zero attached hydrogens (tertiary/aromatic N) is 4. The first-order valence-electron chi connectivity index (χ1n) is 8.94. The second-order valence-corrected chi connectivity index (χ2v) is 7.07. The summed E-state index contributed by atoms with van der Waals surface area (Å²) in [4.78, 5) is 41.2. The van der Waals surface area contributed by atoms with Gasteiger partial charge in [-0.3, -0.25) is 23.3 Å². The summed E-state index contributed by atoms with van der Waals surface area (Å²) in [5.41, 5.74) is 1.41. The number of rotatable bonds is 5. The van der Waals surface area contributed by atoms with E-state index in [9.17, 15) is 14.4 Å². The van der Waals surface area contributed by atoms with Crippen molar-refractivity contribution in [1.82, 2.24) is 24.0 Å². The van der Waals surface area contributed by atoms with Crippen LogP contribution in [0.1, 0.15) is 31.0 Å². The lowest BCUT2D eigenvalue weighted by Crippen LogP contribution is -2.38. The highest BCUT2D eigenvalue weighted by molar-refractivity contribution is 6.29. The molecule has 2 heterocycles. The van der Waals surface area contributed by atoms with E-state index in [2.05, 4.69) is 17.2 Å². The first-order chi connectivity index (χ1) is 13.2. The number of carbonyl (C=O) groups is 1. The van der Waals surface area contributed by atoms with Gasteiger partial charge in [-0.2, -0.15) is 4.98 Å². The summed E-state index contributed by atoms with van der Waals surface area (Å²) in [7, 11) is 2.87. The van der Waals surface area contributed by atoms with Crippen LogP contribution in [0.15, 0.2) is 33.9 Å². The summed E-state index contributed by atoms with van der Waals surface area (Å²) >= 11 is 6.16. The van der Waals surface area contributed by atoms with Crippen LogP contribution >= 0.6 is 11.6 Å². The summed E-state index contributed by atoms with van der Waals surface area (Å²) in [6, 6.07) is 7.81. The smallest absolute Gasteiger partial charge is 0.332 e. The molecule has 0 aliphatic rings. The van der Waals surface area contributed by atoms with Crippen molar-refractivity contribution in [3.63, 3.8) is 0 Å². The Bertz CT molecular complexity index is 1160. The fourth-order valence-corrected chi connectivity index (χ4v) is 3.34. The fourth-order valence-electron chi connectivity index (χ4n) is 3.12. The molecule has 28 heavy (non-hydrogen) atoms. The van der Waals surface area contributed by atoms with Crippen molar-refractivity contribution in [1.29, 1.82) is 0 Å². The van der Waals surface area contributed by atoms with Crippen LogP contribution in [0.4, 0.5) is 0 Å². The SMILES string of the molecule is CCc1ccc(C(C)NC(=O)Cn2c(Cl)nc3c2c(=O)n(C)c(=O)n3C)cc1. The molecule has 1 unspecified atom stereocenters. The number of hydrogen-bond donors (Lipinski definition) is 1. The second kappa shape index (κ2) is 7.63. The molecule has 9 heteroatoms. The maximum Gasteiger partial charge on any atom is 0.332 e. The Hall–Kier alpha value is -2.87. The van der Waals surface area contributed by atoms with Gasteiger partial charge in [0.15, 0.2) is 11.2 Å².